The Morgan fingerprint density at radius 2 is 1.62 bits per heavy atom. The van der Waals surface area contributed by atoms with Gasteiger partial charge in [0.25, 0.3) is 30.0 Å². The molecule has 0 bridgehead atoms. The van der Waals surface area contributed by atoms with Crippen LogP contribution in [0.25, 0.3) is 5.20 Å². The molecule has 0 unspecified atom stereocenters. The molecule has 0 N–H and O–H groups in total. The fraction of sp³-hybridized carbons (Fsp3) is 0. The molecule has 0 saturated carbocycles. The predicted molar refractivity (Wildman–Crippen MR) is 72.6 cm³/mol. The van der Waals surface area contributed by atoms with Crippen LogP contribution in [0.2, 0.25) is 0 Å². The largest absolute Gasteiger partial charge is 0.425 e. The topological polar surface area (TPSA) is 36.9 Å². The molecule has 0 spiro atoms. The van der Waals surface area contributed by atoms with Gasteiger partial charge in [0.2, 0.25) is 0 Å². The van der Waals surface area contributed by atoms with Crippen LogP contribution in [-0.2, 0) is 16.5 Å². The molecular formula is C8H14O4Si4. The van der Waals surface area contributed by atoms with Crippen molar-refractivity contribution >= 4 is 44.5 Å². The minimum atomic E-state index is -1.82. The van der Waals surface area contributed by atoms with Crippen molar-refractivity contribution in [2.75, 3.05) is 0 Å². The lowest BCUT2D eigenvalue weighted by atomic mass is 10.2. The maximum absolute atomic E-state index is 5.72. The van der Waals surface area contributed by atoms with Crippen molar-refractivity contribution in [2.24, 2.45) is 0 Å². The van der Waals surface area contributed by atoms with Crippen LogP contribution in [-0.4, -0.2) is 39.3 Å². The van der Waals surface area contributed by atoms with Gasteiger partial charge in [0.15, 0.2) is 0 Å². The summed E-state index contributed by atoms with van der Waals surface area (Å²) in [4.78, 5) is 0. The first kappa shape index (κ1) is 12.1. The molecule has 0 amide bonds. The van der Waals surface area contributed by atoms with Crippen LogP contribution in [0, 0.1) is 0 Å². The summed E-state index contributed by atoms with van der Waals surface area (Å²) in [5, 5.41) is 0.983. The van der Waals surface area contributed by atoms with Gasteiger partial charge in [0, 0.05) is 0 Å². The summed E-state index contributed by atoms with van der Waals surface area (Å²) in [7, 11) is -4.43. The van der Waals surface area contributed by atoms with Crippen LogP contribution < -0.4 is 0 Å². The first-order chi connectivity index (χ1) is 7.88. The van der Waals surface area contributed by atoms with Crippen molar-refractivity contribution in [1.29, 1.82) is 0 Å². The van der Waals surface area contributed by atoms with Crippen molar-refractivity contribution in [1.82, 2.24) is 0 Å². The minimum absolute atomic E-state index is 0.792. The highest BCUT2D eigenvalue weighted by molar-refractivity contribution is 6.75. The highest BCUT2D eigenvalue weighted by atomic mass is 28.4. The summed E-state index contributed by atoms with van der Waals surface area (Å²) in [5.74, 6) is 0. The van der Waals surface area contributed by atoms with Crippen LogP contribution in [0.15, 0.2) is 36.9 Å². The third-order valence-corrected chi connectivity index (χ3v) is 9.28. The van der Waals surface area contributed by atoms with E-state index in [0.29, 0.717) is 0 Å². The van der Waals surface area contributed by atoms with E-state index in [2.05, 4.69) is 6.58 Å². The molecular weight excluding hydrogens is 272 g/mol. The van der Waals surface area contributed by atoms with E-state index in [0.717, 1.165) is 10.8 Å². The van der Waals surface area contributed by atoms with Crippen molar-refractivity contribution in [3.63, 3.8) is 0 Å². The van der Waals surface area contributed by atoms with E-state index in [-0.39, 0.29) is 0 Å². The average Bonchev–Trinajstić information content (AvgIpc) is 2.29. The van der Waals surface area contributed by atoms with E-state index in [1.807, 2.05) is 30.3 Å². The van der Waals surface area contributed by atoms with Gasteiger partial charge in [-0.2, -0.15) is 0 Å². The molecule has 0 aliphatic carbocycles. The standard InChI is InChI=1S/C8H14O4Si4/c1-7(8-5-3-2-4-6-8)16-11-14-9-13-10-15-12-16/h2-6,16H,1,13-15H2. The second kappa shape index (κ2) is 6.41. The van der Waals surface area contributed by atoms with Crippen molar-refractivity contribution in [3.05, 3.63) is 42.5 Å². The molecule has 1 fully saturated rings. The Kier molecular flexibility index (Phi) is 4.86. The second-order valence-corrected chi connectivity index (χ2v) is 11.3. The Morgan fingerprint density at radius 1 is 1.00 bits per heavy atom. The van der Waals surface area contributed by atoms with E-state index in [1.165, 1.54) is 0 Å². The summed E-state index contributed by atoms with van der Waals surface area (Å²) < 4.78 is 22.2. The Labute approximate surface area is 104 Å². The third-order valence-electron chi connectivity index (χ3n) is 2.20. The molecule has 4 nitrogen and oxygen atoms in total. The number of rotatable bonds is 2. The Hall–Kier alpha value is -0.332. The highest BCUT2D eigenvalue weighted by Crippen LogP contribution is 2.16. The quantitative estimate of drug-likeness (QED) is 0.623. The molecule has 16 heavy (non-hydrogen) atoms. The summed E-state index contributed by atoms with van der Waals surface area (Å²) in [6.07, 6.45) is 0. The zero-order valence-electron chi connectivity index (χ0n) is 8.93. The molecule has 1 aromatic carbocycles. The van der Waals surface area contributed by atoms with Gasteiger partial charge < -0.3 is 16.5 Å². The van der Waals surface area contributed by atoms with E-state index in [4.69, 9.17) is 16.5 Å². The van der Waals surface area contributed by atoms with Crippen molar-refractivity contribution in [3.8, 4) is 0 Å². The van der Waals surface area contributed by atoms with Gasteiger partial charge in [-0.3, -0.25) is 0 Å². The number of hydrogen-bond donors (Lipinski definition) is 0. The predicted octanol–water partition coefficient (Wildman–Crippen LogP) is -1.46. The molecule has 0 atom stereocenters. The summed E-state index contributed by atoms with van der Waals surface area (Å²) in [6, 6.07) is 10.0. The minimum Gasteiger partial charge on any atom is -0.425 e. The van der Waals surface area contributed by atoms with Gasteiger partial charge in [0.1, 0.15) is 0 Å². The molecule has 1 aromatic rings. The van der Waals surface area contributed by atoms with Gasteiger partial charge in [-0.15, -0.1) is 0 Å². The molecule has 0 radical (unpaired) electrons. The van der Waals surface area contributed by atoms with Gasteiger partial charge in [0.05, 0.1) is 0 Å². The fourth-order valence-electron chi connectivity index (χ4n) is 1.38. The maximum Gasteiger partial charge on any atom is 0.337 e. The first-order valence-electron chi connectivity index (χ1n) is 5.01. The Morgan fingerprint density at radius 3 is 2.25 bits per heavy atom. The smallest absolute Gasteiger partial charge is 0.337 e. The summed E-state index contributed by atoms with van der Waals surface area (Å²) >= 11 is 0. The van der Waals surface area contributed by atoms with E-state index in [9.17, 15) is 0 Å². The number of hydrogen-bond acceptors (Lipinski definition) is 4. The lowest BCUT2D eigenvalue weighted by molar-refractivity contribution is 0.338. The number of benzene rings is 1. The zero-order chi connectivity index (χ0) is 11.2. The normalized spacial score (nSPS) is 26.6. The van der Waals surface area contributed by atoms with Crippen LogP contribution in [0.1, 0.15) is 5.56 Å². The lowest BCUT2D eigenvalue weighted by Gasteiger charge is -2.22. The lowest BCUT2D eigenvalue weighted by Crippen LogP contribution is -2.34. The van der Waals surface area contributed by atoms with Crippen LogP contribution in [0.4, 0.5) is 0 Å². The maximum atomic E-state index is 5.72. The SMILES string of the molecule is C=C(c1ccccc1)[SiH]1O[SiH2]O[SiH2]O[SiH2]O1. The van der Waals surface area contributed by atoms with Gasteiger partial charge in [-0.25, -0.2) is 0 Å². The molecule has 2 rings (SSSR count). The van der Waals surface area contributed by atoms with Crippen LogP contribution >= 0.6 is 0 Å². The molecule has 1 saturated heterocycles. The third kappa shape index (κ3) is 3.33. The molecule has 1 aliphatic heterocycles. The second-order valence-electron chi connectivity index (χ2n) is 3.32. The molecule has 8 heteroatoms. The highest BCUT2D eigenvalue weighted by Gasteiger charge is 2.20. The summed E-state index contributed by atoms with van der Waals surface area (Å²) in [6.45, 7) is 4.08. The van der Waals surface area contributed by atoms with Gasteiger partial charge in [-0.1, -0.05) is 36.9 Å². The fourth-order valence-corrected chi connectivity index (χ4v) is 10.3. The molecule has 1 heterocycles. The molecule has 1 aliphatic rings. The van der Waals surface area contributed by atoms with E-state index >= 15 is 0 Å². The van der Waals surface area contributed by atoms with Crippen LogP contribution in [0.5, 0.6) is 0 Å². The van der Waals surface area contributed by atoms with Crippen molar-refractivity contribution < 1.29 is 16.5 Å². The van der Waals surface area contributed by atoms with Gasteiger partial charge in [-0.05, 0) is 10.8 Å². The molecule has 0 aromatic heterocycles. The van der Waals surface area contributed by atoms with Crippen molar-refractivity contribution in [2.45, 2.75) is 0 Å². The van der Waals surface area contributed by atoms with Crippen LogP contribution in [0.3, 0.4) is 0 Å². The molecule has 86 valence electrons. The van der Waals surface area contributed by atoms with E-state index < -0.39 is 39.3 Å². The monoisotopic (exact) mass is 286 g/mol. The Bertz CT molecular complexity index is 339. The average molecular weight is 287 g/mol. The van der Waals surface area contributed by atoms with E-state index in [1.54, 1.807) is 0 Å². The Balaban J connectivity index is 2.02. The van der Waals surface area contributed by atoms with Gasteiger partial charge >= 0.3 is 9.28 Å². The summed E-state index contributed by atoms with van der Waals surface area (Å²) in [5.41, 5.74) is 1.10. The first-order valence-corrected chi connectivity index (χ1v) is 9.99. The zero-order valence-corrected chi connectivity index (χ0v) is 14.3.